The molecule has 7 heteroatoms. The predicted octanol–water partition coefficient (Wildman–Crippen LogP) is 1.04. The molecule has 1 aromatic heterocycles. The molecule has 1 saturated carbocycles. The van der Waals surface area contributed by atoms with Crippen molar-refractivity contribution in [1.82, 2.24) is 9.88 Å². The van der Waals surface area contributed by atoms with Crippen LogP contribution in [0.15, 0.2) is 12.1 Å². The first kappa shape index (κ1) is 12.6. The van der Waals surface area contributed by atoms with Crippen LogP contribution in [0.4, 0.5) is 11.5 Å². The number of aromatic nitrogens is 1. The van der Waals surface area contributed by atoms with Crippen LogP contribution in [0.2, 0.25) is 0 Å². The van der Waals surface area contributed by atoms with E-state index in [0.717, 1.165) is 6.54 Å². The molecule has 0 amide bonds. The Labute approximate surface area is 105 Å². The molecule has 1 aliphatic rings. The van der Waals surface area contributed by atoms with Crippen molar-refractivity contribution in [2.75, 3.05) is 25.9 Å². The van der Waals surface area contributed by atoms with Crippen LogP contribution in [-0.4, -0.2) is 41.0 Å². The Kier molecular flexibility index (Phi) is 3.61. The minimum atomic E-state index is -0.563. The van der Waals surface area contributed by atoms with Crippen LogP contribution >= 0.6 is 0 Å². The van der Waals surface area contributed by atoms with Gasteiger partial charge in [0.15, 0.2) is 0 Å². The number of likely N-dealkylation sites (N-methyl/N-ethyl adjacent to an activating group) is 1. The second kappa shape index (κ2) is 5.18. The van der Waals surface area contributed by atoms with E-state index in [2.05, 4.69) is 16.9 Å². The highest BCUT2D eigenvalue weighted by Crippen LogP contribution is 2.25. The molecule has 0 spiro atoms. The van der Waals surface area contributed by atoms with Gasteiger partial charge in [0.2, 0.25) is 11.7 Å². The van der Waals surface area contributed by atoms with Crippen LogP contribution in [0, 0.1) is 10.1 Å². The third-order valence-electron chi connectivity index (χ3n) is 2.94. The number of nitrogens with zero attached hydrogens (tertiary/aromatic N) is 3. The zero-order chi connectivity index (χ0) is 13.1. The fourth-order valence-electron chi connectivity index (χ4n) is 1.68. The van der Waals surface area contributed by atoms with Gasteiger partial charge in [-0.15, -0.1) is 0 Å². The number of rotatable bonds is 6. The molecule has 0 aromatic carbocycles. The second-order valence-electron chi connectivity index (χ2n) is 4.37. The molecular formula is C11H16N4O3. The minimum Gasteiger partial charge on any atom is -0.476 e. The first-order chi connectivity index (χ1) is 8.58. The second-order valence-corrected chi connectivity index (χ2v) is 4.37. The van der Waals surface area contributed by atoms with Crippen LogP contribution in [0.3, 0.4) is 0 Å². The van der Waals surface area contributed by atoms with Crippen LogP contribution < -0.4 is 10.5 Å². The van der Waals surface area contributed by atoms with E-state index in [1.54, 1.807) is 0 Å². The molecule has 2 N–H and O–H groups in total. The molecule has 1 aromatic rings. The summed E-state index contributed by atoms with van der Waals surface area (Å²) in [6, 6.07) is 3.46. The van der Waals surface area contributed by atoms with Gasteiger partial charge in [-0.2, -0.15) is 4.98 Å². The lowest BCUT2D eigenvalue weighted by Crippen LogP contribution is -2.26. The third-order valence-corrected chi connectivity index (χ3v) is 2.94. The number of nitro groups is 1. The van der Waals surface area contributed by atoms with Crippen molar-refractivity contribution in [3.8, 4) is 5.88 Å². The van der Waals surface area contributed by atoms with E-state index in [0.29, 0.717) is 18.5 Å². The number of nitrogens with two attached hydrogens (primary N) is 1. The zero-order valence-corrected chi connectivity index (χ0v) is 10.2. The Hall–Kier alpha value is -1.89. The largest absolute Gasteiger partial charge is 0.476 e. The van der Waals surface area contributed by atoms with Gasteiger partial charge in [0.25, 0.3) is 0 Å². The maximum Gasteiger partial charge on any atom is 0.311 e. The van der Waals surface area contributed by atoms with Crippen LogP contribution in [0.5, 0.6) is 5.88 Å². The summed E-state index contributed by atoms with van der Waals surface area (Å²) in [5, 5.41) is 10.6. The van der Waals surface area contributed by atoms with E-state index < -0.39 is 4.92 Å². The highest BCUT2D eigenvalue weighted by molar-refractivity contribution is 5.53. The lowest BCUT2D eigenvalue weighted by Gasteiger charge is -2.15. The summed E-state index contributed by atoms with van der Waals surface area (Å²) in [6.07, 6.45) is 2.50. The number of pyridine rings is 1. The number of ether oxygens (including phenoxy) is 1. The number of hydrogen-bond acceptors (Lipinski definition) is 6. The van der Waals surface area contributed by atoms with Crippen molar-refractivity contribution in [2.24, 2.45) is 0 Å². The fourth-order valence-corrected chi connectivity index (χ4v) is 1.68. The summed E-state index contributed by atoms with van der Waals surface area (Å²) in [4.78, 5) is 16.1. The molecule has 0 aliphatic heterocycles. The van der Waals surface area contributed by atoms with Crippen molar-refractivity contribution < 1.29 is 9.66 Å². The van der Waals surface area contributed by atoms with Crippen molar-refractivity contribution >= 4 is 11.5 Å². The Bertz CT molecular complexity index is 448. The molecule has 18 heavy (non-hydrogen) atoms. The minimum absolute atomic E-state index is 0.118. The fraction of sp³-hybridized carbons (Fsp3) is 0.545. The maximum absolute atomic E-state index is 10.6. The quantitative estimate of drug-likeness (QED) is 0.600. The van der Waals surface area contributed by atoms with Gasteiger partial charge < -0.3 is 15.4 Å². The Balaban J connectivity index is 1.85. The average molecular weight is 252 g/mol. The van der Waals surface area contributed by atoms with E-state index in [4.69, 9.17) is 10.5 Å². The molecule has 7 nitrogen and oxygen atoms in total. The monoisotopic (exact) mass is 252 g/mol. The summed E-state index contributed by atoms with van der Waals surface area (Å²) in [5.41, 5.74) is 5.27. The molecule has 1 aliphatic carbocycles. The Morgan fingerprint density at radius 2 is 2.33 bits per heavy atom. The molecule has 0 saturated heterocycles. The van der Waals surface area contributed by atoms with Gasteiger partial charge in [0.05, 0.1) is 4.92 Å². The molecule has 2 rings (SSSR count). The molecule has 1 heterocycles. The van der Waals surface area contributed by atoms with E-state index in [9.17, 15) is 10.1 Å². The average Bonchev–Trinajstić information content (AvgIpc) is 3.12. The van der Waals surface area contributed by atoms with Crippen molar-refractivity contribution in [3.05, 3.63) is 22.2 Å². The van der Waals surface area contributed by atoms with Gasteiger partial charge >= 0.3 is 5.69 Å². The molecule has 0 bridgehead atoms. The lowest BCUT2D eigenvalue weighted by molar-refractivity contribution is -0.384. The van der Waals surface area contributed by atoms with Crippen LogP contribution in [0.25, 0.3) is 0 Å². The molecular weight excluding hydrogens is 236 g/mol. The SMILES string of the molecule is CN(CCOc1ccc([N+](=O)[O-])c(N)n1)C1CC1. The van der Waals surface area contributed by atoms with Crippen molar-refractivity contribution in [3.63, 3.8) is 0 Å². The molecule has 98 valence electrons. The van der Waals surface area contributed by atoms with E-state index in [1.807, 2.05) is 0 Å². The molecule has 1 fully saturated rings. The molecule has 0 unspecified atom stereocenters. The highest BCUT2D eigenvalue weighted by Gasteiger charge is 2.25. The first-order valence-corrected chi connectivity index (χ1v) is 5.82. The van der Waals surface area contributed by atoms with Gasteiger partial charge in [-0.1, -0.05) is 0 Å². The van der Waals surface area contributed by atoms with E-state index in [1.165, 1.54) is 25.0 Å². The Morgan fingerprint density at radius 3 is 2.89 bits per heavy atom. The van der Waals surface area contributed by atoms with E-state index >= 15 is 0 Å². The number of hydrogen-bond donors (Lipinski definition) is 1. The normalized spacial score (nSPS) is 14.8. The third kappa shape index (κ3) is 3.07. The highest BCUT2D eigenvalue weighted by atomic mass is 16.6. The topological polar surface area (TPSA) is 94.5 Å². The zero-order valence-electron chi connectivity index (χ0n) is 10.2. The summed E-state index contributed by atoms with van der Waals surface area (Å²) >= 11 is 0. The standard InChI is InChI=1S/C11H16N4O3/c1-14(8-2-3-8)6-7-18-10-5-4-9(15(16)17)11(12)13-10/h4-5,8H,2-3,6-7H2,1H3,(H2,12,13). The van der Waals surface area contributed by atoms with Gasteiger partial charge in [0.1, 0.15) is 6.61 Å². The molecule has 0 radical (unpaired) electrons. The lowest BCUT2D eigenvalue weighted by atomic mass is 10.4. The summed E-state index contributed by atoms with van der Waals surface area (Å²) in [7, 11) is 2.05. The summed E-state index contributed by atoms with van der Waals surface area (Å²) < 4.78 is 5.41. The number of nitrogen functional groups attached to an aromatic ring is 1. The smallest absolute Gasteiger partial charge is 0.311 e. The van der Waals surface area contributed by atoms with Gasteiger partial charge in [0, 0.05) is 24.7 Å². The van der Waals surface area contributed by atoms with E-state index in [-0.39, 0.29) is 11.5 Å². The van der Waals surface area contributed by atoms with Crippen LogP contribution in [0.1, 0.15) is 12.8 Å². The van der Waals surface area contributed by atoms with Crippen LogP contribution in [-0.2, 0) is 0 Å². The van der Waals surface area contributed by atoms with Crippen molar-refractivity contribution in [2.45, 2.75) is 18.9 Å². The maximum atomic E-state index is 10.6. The van der Waals surface area contributed by atoms with Gasteiger partial charge in [-0.3, -0.25) is 10.1 Å². The molecule has 0 atom stereocenters. The van der Waals surface area contributed by atoms with Gasteiger partial charge in [-0.05, 0) is 19.9 Å². The van der Waals surface area contributed by atoms with Crippen molar-refractivity contribution in [1.29, 1.82) is 0 Å². The first-order valence-electron chi connectivity index (χ1n) is 5.82. The Morgan fingerprint density at radius 1 is 1.61 bits per heavy atom. The summed E-state index contributed by atoms with van der Waals surface area (Å²) in [6.45, 7) is 1.31. The summed E-state index contributed by atoms with van der Waals surface area (Å²) in [5.74, 6) is 0.204. The number of anilines is 1. The predicted molar refractivity (Wildman–Crippen MR) is 66.5 cm³/mol. The van der Waals surface area contributed by atoms with Gasteiger partial charge in [-0.25, -0.2) is 0 Å².